The van der Waals surface area contributed by atoms with Gasteiger partial charge in [0.15, 0.2) is 5.96 Å². The van der Waals surface area contributed by atoms with E-state index in [1.165, 1.54) is 0 Å². The molecular formula is C9H19N3O2. The highest BCUT2D eigenvalue weighted by Gasteiger charge is 2.00. The van der Waals surface area contributed by atoms with Crippen molar-refractivity contribution in [3.05, 3.63) is 0 Å². The Bertz CT molecular complexity index is 192. The Hall–Kier alpha value is -1.26. The van der Waals surface area contributed by atoms with Crippen molar-refractivity contribution in [2.75, 3.05) is 27.2 Å². The van der Waals surface area contributed by atoms with Gasteiger partial charge in [0.1, 0.15) is 0 Å². The van der Waals surface area contributed by atoms with Gasteiger partial charge in [-0.15, -0.1) is 0 Å². The van der Waals surface area contributed by atoms with Crippen LogP contribution in [-0.2, 0) is 9.53 Å². The summed E-state index contributed by atoms with van der Waals surface area (Å²) in [7, 11) is 3.49. The molecule has 0 atom stereocenters. The quantitative estimate of drug-likeness (QED) is 0.287. The molecule has 0 saturated heterocycles. The molecule has 2 N–H and O–H groups in total. The van der Waals surface area contributed by atoms with Gasteiger partial charge in [-0.3, -0.25) is 9.79 Å². The number of aliphatic imine (C=N–C) groups is 1. The van der Waals surface area contributed by atoms with Crippen LogP contribution in [0.4, 0.5) is 0 Å². The van der Waals surface area contributed by atoms with Gasteiger partial charge in [-0.25, -0.2) is 0 Å². The molecule has 0 amide bonds. The number of hydrogen-bond acceptors (Lipinski definition) is 3. The van der Waals surface area contributed by atoms with E-state index in [1.807, 2.05) is 0 Å². The number of rotatable bonds is 5. The summed E-state index contributed by atoms with van der Waals surface area (Å²) in [5.41, 5.74) is 0. The van der Waals surface area contributed by atoms with Gasteiger partial charge in [0, 0.05) is 27.1 Å². The molecule has 0 aliphatic heterocycles. The molecule has 0 radical (unpaired) electrons. The molecule has 0 aromatic rings. The number of hydrogen-bond donors (Lipinski definition) is 2. The number of nitrogens with one attached hydrogen (secondary N) is 2. The SMILES string of the molecule is CCOC(=O)CCCNC(=NC)NC. The van der Waals surface area contributed by atoms with Crippen molar-refractivity contribution in [1.82, 2.24) is 10.6 Å². The van der Waals surface area contributed by atoms with E-state index < -0.39 is 0 Å². The van der Waals surface area contributed by atoms with Crippen molar-refractivity contribution in [3.8, 4) is 0 Å². The Balaban J connectivity index is 3.41. The zero-order valence-electron chi connectivity index (χ0n) is 9.09. The van der Waals surface area contributed by atoms with E-state index in [0.29, 0.717) is 19.6 Å². The molecule has 0 aromatic heterocycles. The fourth-order valence-corrected chi connectivity index (χ4v) is 0.952. The van der Waals surface area contributed by atoms with Gasteiger partial charge in [0.05, 0.1) is 6.61 Å². The van der Waals surface area contributed by atoms with Gasteiger partial charge in [-0.05, 0) is 13.3 Å². The molecule has 0 aliphatic carbocycles. The first kappa shape index (κ1) is 12.7. The molecule has 14 heavy (non-hydrogen) atoms. The summed E-state index contributed by atoms with van der Waals surface area (Å²) in [6, 6.07) is 0. The minimum absolute atomic E-state index is 0.145. The van der Waals surface area contributed by atoms with Crippen LogP contribution >= 0.6 is 0 Å². The molecule has 0 spiro atoms. The molecule has 5 nitrogen and oxygen atoms in total. The first-order valence-electron chi connectivity index (χ1n) is 4.78. The van der Waals surface area contributed by atoms with Crippen LogP contribution in [0.3, 0.4) is 0 Å². The minimum atomic E-state index is -0.145. The van der Waals surface area contributed by atoms with Gasteiger partial charge < -0.3 is 15.4 Å². The fourth-order valence-electron chi connectivity index (χ4n) is 0.952. The van der Waals surface area contributed by atoms with Crippen molar-refractivity contribution in [2.24, 2.45) is 4.99 Å². The molecule has 0 saturated carbocycles. The number of carbonyl (C=O) groups is 1. The predicted octanol–water partition coefficient (Wildman–Crippen LogP) is 0.125. The summed E-state index contributed by atoms with van der Waals surface area (Å²) in [5.74, 6) is 0.586. The molecule has 0 aliphatic rings. The van der Waals surface area contributed by atoms with Crippen LogP contribution in [0.15, 0.2) is 4.99 Å². The Morgan fingerprint density at radius 1 is 1.50 bits per heavy atom. The third-order valence-corrected chi connectivity index (χ3v) is 1.62. The van der Waals surface area contributed by atoms with E-state index in [-0.39, 0.29) is 5.97 Å². The standard InChI is InChI=1S/C9H19N3O2/c1-4-14-8(13)6-5-7-12-9(10-2)11-3/h4-7H2,1-3H3,(H2,10,11,12). The van der Waals surface area contributed by atoms with E-state index >= 15 is 0 Å². The van der Waals surface area contributed by atoms with Crippen LogP contribution in [0.1, 0.15) is 19.8 Å². The highest BCUT2D eigenvalue weighted by atomic mass is 16.5. The van der Waals surface area contributed by atoms with E-state index in [2.05, 4.69) is 15.6 Å². The summed E-state index contributed by atoms with van der Waals surface area (Å²) < 4.78 is 4.79. The summed E-state index contributed by atoms with van der Waals surface area (Å²) in [4.78, 5) is 14.9. The third kappa shape index (κ3) is 6.28. The molecule has 0 fully saturated rings. The van der Waals surface area contributed by atoms with Crippen LogP contribution in [0, 0.1) is 0 Å². The maximum absolute atomic E-state index is 10.9. The molecule has 0 heterocycles. The number of nitrogens with zero attached hydrogens (tertiary/aromatic N) is 1. The Morgan fingerprint density at radius 2 is 2.21 bits per heavy atom. The van der Waals surface area contributed by atoms with Crippen molar-refractivity contribution < 1.29 is 9.53 Å². The number of esters is 1. The summed E-state index contributed by atoms with van der Waals surface area (Å²) >= 11 is 0. The Labute approximate surface area is 84.9 Å². The zero-order chi connectivity index (χ0) is 10.8. The van der Waals surface area contributed by atoms with Crippen molar-refractivity contribution >= 4 is 11.9 Å². The second-order valence-corrected chi connectivity index (χ2v) is 2.66. The average molecular weight is 201 g/mol. The Morgan fingerprint density at radius 3 is 2.71 bits per heavy atom. The van der Waals surface area contributed by atoms with E-state index in [1.54, 1.807) is 21.0 Å². The highest BCUT2D eigenvalue weighted by Crippen LogP contribution is 1.90. The van der Waals surface area contributed by atoms with Gasteiger partial charge in [-0.2, -0.15) is 0 Å². The summed E-state index contributed by atoms with van der Waals surface area (Å²) in [6.45, 7) is 2.97. The zero-order valence-corrected chi connectivity index (χ0v) is 9.09. The molecule has 5 heteroatoms. The first-order valence-corrected chi connectivity index (χ1v) is 4.78. The Kier molecular flexibility index (Phi) is 7.59. The van der Waals surface area contributed by atoms with E-state index in [4.69, 9.17) is 4.74 Å². The maximum Gasteiger partial charge on any atom is 0.305 e. The molecule has 0 unspecified atom stereocenters. The molecular weight excluding hydrogens is 182 g/mol. The van der Waals surface area contributed by atoms with Gasteiger partial charge in [-0.1, -0.05) is 0 Å². The van der Waals surface area contributed by atoms with Crippen molar-refractivity contribution in [2.45, 2.75) is 19.8 Å². The topological polar surface area (TPSA) is 62.7 Å². The van der Waals surface area contributed by atoms with Crippen molar-refractivity contribution in [1.29, 1.82) is 0 Å². The van der Waals surface area contributed by atoms with Crippen LogP contribution < -0.4 is 10.6 Å². The van der Waals surface area contributed by atoms with E-state index in [9.17, 15) is 4.79 Å². The largest absolute Gasteiger partial charge is 0.466 e. The lowest BCUT2D eigenvalue weighted by Crippen LogP contribution is -2.35. The normalized spacial score (nSPS) is 10.9. The van der Waals surface area contributed by atoms with E-state index in [0.717, 1.165) is 12.4 Å². The van der Waals surface area contributed by atoms with Crippen LogP contribution in [0.25, 0.3) is 0 Å². The molecule has 0 aromatic carbocycles. The maximum atomic E-state index is 10.9. The molecule has 82 valence electrons. The smallest absolute Gasteiger partial charge is 0.305 e. The third-order valence-electron chi connectivity index (χ3n) is 1.62. The second-order valence-electron chi connectivity index (χ2n) is 2.66. The van der Waals surface area contributed by atoms with Crippen LogP contribution in [0.2, 0.25) is 0 Å². The number of guanidine groups is 1. The second kappa shape index (κ2) is 8.34. The van der Waals surface area contributed by atoms with Crippen LogP contribution in [0.5, 0.6) is 0 Å². The van der Waals surface area contributed by atoms with Crippen molar-refractivity contribution in [3.63, 3.8) is 0 Å². The summed E-state index contributed by atoms with van der Waals surface area (Å²) in [5, 5.41) is 5.94. The van der Waals surface area contributed by atoms with Gasteiger partial charge in [0.25, 0.3) is 0 Å². The molecule has 0 rings (SSSR count). The number of ether oxygens (including phenoxy) is 1. The lowest BCUT2D eigenvalue weighted by atomic mass is 10.3. The van der Waals surface area contributed by atoms with Crippen LogP contribution in [-0.4, -0.2) is 39.2 Å². The van der Waals surface area contributed by atoms with Gasteiger partial charge >= 0.3 is 5.97 Å². The average Bonchev–Trinajstić information content (AvgIpc) is 2.19. The lowest BCUT2D eigenvalue weighted by Gasteiger charge is -2.07. The lowest BCUT2D eigenvalue weighted by molar-refractivity contribution is -0.143. The number of carbonyl (C=O) groups excluding carboxylic acids is 1. The fraction of sp³-hybridized carbons (Fsp3) is 0.778. The minimum Gasteiger partial charge on any atom is -0.466 e. The predicted molar refractivity (Wildman–Crippen MR) is 56.3 cm³/mol. The monoisotopic (exact) mass is 201 g/mol. The summed E-state index contributed by atoms with van der Waals surface area (Å²) in [6.07, 6.45) is 1.20. The molecule has 0 bridgehead atoms. The van der Waals surface area contributed by atoms with Gasteiger partial charge in [0.2, 0.25) is 0 Å². The highest BCUT2D eigenvalue weighted by molar-refractivity contribution is 5.79. The first-order chi connectivity index (χ1) is 6.74.